The van der Waals surface area contributed by atoms with E-state index in [1.807, 2.05) is 29.6 Å². The van der Waals surface area contributed by atoms with Gasteiger partial charge in [0.15, 0.2) is 0 Å². The van der Waals surface area contributed by atoms with E-state index in [-0.39, 0.29) is 0 Å². The van der Waals surface area contributed by atoms with Crippen LogP contribution in [0.15, 0.2) is 34.7 Å². The second kappa shape index (κ2) is 5.15. The normalized spacial score (nSPS) is 10.0. The molecule has 4 heteroatoms. The van der Waals surface area contributed by atoms with Crippen LogP contribution in [0, 0.1) is 11.3 Å². The quantitative estimate of drug-likeness (QED) is 0.773. The smallest absolute Gasteiger partial charge is 0.115 e. The highest BCUT2D eigenvalue weighted by molar-refractivity contribution is 7.99. The molecule has 2 aromatic heterocycles. The third-order valence-corrected chi connectivity index (χ3v) is 3.80. The van der Waals surface area contributed by atoms with Gasteiger partial charge in [0.2, 0.25) is 0 Å². The second-order valence-electron chi connectivity index (χ2n) is 3.07. The van der Waals surface area contributed by atoms with Gasteiger partial charge in [-0.3, -0.25) is 0 Å². The molecular formula is C12H10N2S2. The van der Waals surface area contributed by atoms with Crippen LogP contribution in [0.5, 0.6) is 0 Å². The molecule has 80 valence electrons. The molecule has 0 aliphatic heterocycles. The van der Waals surface area contributed by atoms with Gasteiger partial charge in [0, 0.05) is 0 Å². The Balaban J connectivity index is 2.44. The zero-order valence-electron chi connectivity index (χ0n) is 8.80. The number of rotatable bonds is 3. The molecule has 0 fully saturated rings. The van der Waals surface area contributed by atoms with Crippen molar-refractivity contribution in [2.24, 2.45) is 0 Å². The molecule has 0 atom stereocenters. The lowest BCUT2D eigenvalue weighted by molar-refractivity contribution is 1.12. The maximum absolute atomic E-state index is 8.97. The summed E-state index contributed by atoms with van der Waals surface area (Å²) in [6.07, 6.45) is 0. The maximum atomic E-state index is 8.97. The fourth-order valence-electron chi connectivity index (χ4n) is 1.33. The predicted molar refractivity (Wildman–Crippen MR) is 68.7 cm³/mol. The van der Waals surface area contributed by atoms with Gasteiger partial charge in [-0.1, -0.05) is 13.0 Å². The molecule has 0 aliphatic rings. The summed E-state index contributed by atoms with van der Waals surface area (Å²) >= 11 is 3.27. The molecule has 0 aromatic carbocycles. The van der Waals surface area contributed by atoms with Crippen LogP contribution in [0.25, 0.3) is 10.6 Å². The minimum atomic E-state index is 0.659. The molecular weight excluding hydrogens is 236 g/mol. The monoisotopic (exact) mass is 246 g/mol. The average molecular weight is 246 g/mol. The summed E-state index contributed by atoms with van der Waals surface area (Å²) in [6.45, 7) is 2.06. The fourth-order valence-corrected chi connectivity index (χ4v) is 2.73. The molecule has 16 heavy (non-hydrogen) atoms. The zero-order chi connectivity index (χ0) is 11.4. The van der Waals surface area contributed by atoms with E-state index in [9.17, 15) is 0 Å². The van der Waals surface area contributed by atoms with Crippen molar-refractivity contribution in [3.05, 3.63) is 35.2 Å². The highest BCUT2D eigenvalue weighted by atomic mass is 32.2. The van der Waals surface area contributed by atoms with E-state index in [0.717, 1.165) is 21.3 Å². The third-order valence-electron chi connectivity index (χ3n) is 2.04. The number of nitrogens with zero attached hydrogens (tertiary/aromatic N) is 2. The molecule has 2 nitrogen and oxygen atoms in total. The first-order valence-corrected chi connectivity index (χ1v) is 6.79. The molecule has 0 bridgehead atoms. The van der Waals surface area contributed by atoms with E-state index in [2.05, 4.69) is 18.0 Å². The van der Waals surface area contributed by atoms with Gasteiger partial charge in [-0.15, -0.1) is 23.1 Å². The third kappa shape index (κ3) is 2.26. The second-order valence-corrected chi connectivity index (χ2v) is 5.27. The highest BCUT2D eigenvalue weighted by Gasteiger charge is 2.07. The van der Waals surface area contributed by atoms with Crippen LogP contribution in [-0.2, 0) is 0 Å². The number of thiophene rings is 1. The van der Waals surface area contributed by atoms with Crippen LogP contribution in [0.1, 0.15) is 12.5 Å². The molecule has 2 rings (SSSR count). The number of hydrogen-bond donors (Lipinski definition) is 0. The van der Waals surface area contributed by atoms with E-state index < -0.39 is 0 Å². The molecule has 2 aromatic rings. The van der Waals surface area contributed by atoms with Crippen LogP contribution in [0.2, 0.25) is 0 Å². The Bertz CT molecular complexity index is 512. The lowest BCUT2D eigenvalue weighted by Crippen LogP contribution is -1.89. The molecule has 0 aliphatic carbocycles. The van der Waals surface area contributed by atoms with Crippen molar-refractivity contribution >= 4 is 23.1 Å². The van der Waals surface area contributed by atoms with E-state index in [1.54, 1.807) is 23.1 Å². The molecule has 0 N–H and O–H groups in total. The fraction of sp³-hybridized carbons (Fsp3) is 0.167. The Kier molecular flexibility index (Phi) is 3.60. The molecule has 2 heterocycles. The minimum absolute atomic E-state index is 0.659. The van der Waals surface area contributed by atoms with Crippen molar-refractivity contribution in [3.63, 3.8) is 0 Å². The summed E-state index contributed by atoms with van der Waals surface area (Å²) in [5, 5.41) is 11.8. The topological polar surface area (TPSA) is 36.7 Å². The van der Waals surface area contributed by atoms with Crippen LogP contribution in [-0.4, -0.2) is 10.7 Å². The van der Waals surface area contributed by atoms with Gasteiger partial charge in [-0.25, -0.2) is 4.98 Å². The molecule has 0 saturated carbocycles. The summed E-state index contributed by atoms with van der Waals surface area (Å²) in [7, 11) is 0. The molecule has 0 unspecified atom stereocenters. The molecule has 0 amide bonds. The van der Waals surface area contributed by atoms with E-state index >= 15 is 0 Å². The zero-order valence-corrected chi connectivity index (χ0v) is 10.4. The lowest BCUT2D eigenvalue weighted by Gasteiger charge is -2.03. The van der Waals surface area contributed by atoms with Gasteiger partial charge in [0.25, 0.3) is 0 Å². The molecule has 0 radical (unpaired) electrons. The van der Waals surface area contributed by atoms with Crippen LogP contribution < -0.4 is 0 Å². The Morgan fingerprint density at radius 2 is 2.31 bits per heavy atom. The van der Waals surface area contributed by atoms with Crippen molar-refractivity contribution in [1.82, 2.24) is 4.98 Å². The van der Waals surface area contributed by atoms with E-state index in [1.165, 1.54) is 0 Å². The Morgan fingerprint density at radius 1 is 1.44 bits per heavy atom. The molecule has 0 saturated heterocycles. The first-order valence-electron chi connectivity index (χ1n) is 4.93. The number of aromatic nitrogens is 1. The van der Waals surface area contributed by atoms with Crippen molar-refractivity contribution in [3.8, 4) is 16.6 Å². The number of hydrogen-bond acceptors (Lipinski definition) is 4. The van der Waals surface area contributed by atoms with Crippen molar-refractivity contribution < 1.29 is 0 Å². The van der Waals surface area contributed by atoms with Crippen molar-refractivity contribution in [1.29, 1.82) is 5.26 Å². The standard InChI is InChI=1S/C12H10N2S2/c1-2-15-12-9(8-13)5-6-10(14-12)11-4-3-7-16-11/h3-7H,2H2,1H3. The number of thioether (sulfide) groups is 1. The number of pyridine rings is 1. The lowest BCUT2D eigenvalue weighted by atomic mass is 10.2. The summed E-state index contributed by atoms with van der Waals surface area (Å²) in [6, 6.07) is 9.97. The van der Waals surface area contributed by atoms with Crippen LogP contribution >= 0.6 is 23.1 Å². The maximum Gasteiger partial charge on any atom is 0.115 e. The number of nitriles is 1. The van der Waals surface area contributed by atoms with Crippen molar-refractivity contribution in [2.75, 3.05) is 5.75 Å². The van der Waals surface area contributed by atoms with Gasteiger partial charge in [0.1, 0.15) is 11.1 Å². The highest BCUT2D eigenvalue weighted by Crippen LogP contribution is 2.27. The summed E-state index contributed by atoms with van der Waals surface area (Å²) in [4.78, 5) is 5.67. The van der Waals surface area contributed by atoms with Crippen LogP contribution in [0.4, 0.5) is 0 Å². The van der Waals surface area contributed by atoms with E-state index in [0.29, 0.717) is 5.56 Å². The van der Waals surface area contributed by atoms with Gasteiger partial charge in [0.05, 0.1) is 16.1 Å². The van der Waals surface area contributed by atoms with E-state index in [4.69, 9.17) is 5.26 Å². The minimum Gasteiger partial charge on any atom is -0.239 e. The Morgan fingerprint density at radius 3 is 2.94 bits per heavy atom. The first kappa shape index (κ1) is 11.2. The molecule has 0 spiro atoms. The Hall–Kier alpha value is -1.31. The summed E-state index contributed by atoms with van der Waals surface area (Å²) < 4.78 is 0. The summed E-state index contributed by atoms with van der Waals surface area (Å²) in [5.41, 5.74) is 1.61. The predicted octanol–water partition coefficient (Wildman–Crippen LogP) is 3.79. The first-order chi connectivity index (χ1) is 7.85. The Labute approximate surface area is 103 Å². The van der Waals surface area contributed by atoms with Gasteiger partial charge in [-0.05, 0) is 29.3 Å². The van der Waals surface area contributed by atoms with Crippen molar-refractivity contribution in [2.45, 2.75) is 11.9 Å². The van der Waals surface area contributed by atoms with Gasteiger partial charge < -0.3 is 0 Å². The summed E-state index contributed by atoms with van der Waals surface area (Å²) in [5.74, 6) is 0.926. The largest absolute Gasteiger partial charge is 0.239 e. The van der Waals surface area contributed by atoms with Gasteiger partial charge >= 0.3 is 0 Å². The SMILES string of the molecule is CCSc1nc(-c2cccs2)ccc1C#N. The van der Waals surface area contributed by atoms with Crippen LogP contribution in [0.3, 0.4) is 0 Å². The average Bonchev–Trinajstić information content (AvgIpc) is 2.83. The van der Waals surface area contributed by atoms with Gasteiger partial charge in [-0.2, -0.15) is 5.26 Å².